The molecule has 1 aromatic carbocycles. The molecule has 0 atom stereocenters. The molecule has 0 aliphatic rings. The normalized spacial score (nSPS) is 10.4. The Balaban J connectivity index is 1.92. The quantitative estimate of drug-likeness (QED) is 0.852. The van der Waals surface area contributed by atoms with Gasteiger partial charge in [-0.05, 0) is 19.1 Å². The molecule has 6 nitrogen and oxygen atoms in total. The first-order chi connectivity index (χ1) is 9.06. The van der Waals surface area contributed by atoms with Crippen molar-refractivity contribution in [1.29, 1.82) is 0 Å². The molecule has 0 aliphatic carbocycles. The first-order valence-corrected chi connectivity index (χ1v) is 5.98. The number of carbonyl (C=O) groups excluding carboxylic acids is 1. The Hall–Kier alpha value is -2.37. The van der Waals surface area contributed by atoms with E-state index in [2.05, 4.69) is 15.4 Å². The lowest BCUT2D eigenvalue weighted by Crippen LogP contribution is -2.26. The summed E-state index contributed by atoms with van der Waals surface area (Å²) in [4.78, 5) is 16.0. The Bertz CT molecular complexity index is 592. The van der Waals surface area contributed by atoms with E-state index in [-0.39, 0.29) is 17.2 Å². The van der Waals surface area contributed by atoms with Gasteiger partial charge in [0.2, 0.25) is 0 Å². The van der Waals surface area contributed by atoms with Gasteiger partial charge in [-0.25, -0.2) is 4.98 Å². The van der Waals surface area contributed by atoms with Crippen LogP contribution in [0.3, 0.4) is 0 Å². The highest BCUT2D eigenvalue weighted by atomic mass is 16.3. The van der Waals surface area contributed by atoms with E-state index in [9.17, 15) is 9.90 Å². The van der Waals surface area contributed by atoms with Crippen LogP contribution in [0.4, 0.5) is 0 Å². The van der Waals surface area contributed by atoms with E-state index in [0.717, 1.165) is 5.56 Å². The highest BCUT2D eigenvalue weighted by molar-refractivity contribution is 5.96. The Morgan fingerprint density at radius 2 is 2.26 bits per heavy atom. The van der Waals surface area contributed by atoms with E-state index < -0.39 is 0 Å². The molecule has 0 saturated heterocycles. The maximum absolute atomic E-state index is 11.9. The van der Waals surface area contributed by atoms with E-state index in [4.69, 9.17) is 0 Å². The molecule has 0 fully saturated rings. The smallest absolute Gasteiger partial charge is 0.255 e. The number of hydrogen-bond acceptors (Lipinski definition) is 4. The first kappa shape index (κ1) is 13.1. The number of phenolic OH excluding ortho intramolecular Hbond substituents is 1. The molecule has 0 radical (unpaired) electrons. The van der Waals surface area contributed by atoms with Crippen molar-refractivity contribution in [3.05, 3.63) is 41.5 Å². The Morgan fingerprint density at radius 3 is 2.95 bits per heavy atom. The lowest BCUT2D eigenvalue weighted by molar-refractivity contribution is 0.0951. The second kappa shape index (κ2) is 5.51. The van der Waals surface area contributed by atoms with E-state index in [1.165, 1.54) is 6.07 Å². The van der Waals surface area contributed by atoms with Crippen LogP contribution in [0.5, 0.6) is 5.75 Å². The summed E-state index contributed by atoms with van der Waals surface area (Å²) in [5.41, 5.74) is 1.21. The van der Waals surface area contributed by atoms with Crippen LogP contribution >= 0.6 is 0 Å². The van der Waals surface area contributed by atoms with Gasteiger partial charge >= 0.3 is 0 Å². The molecular formula is C13H16N4O2. The molecule has 1 heterocycles. The van der Waals surface area contributed by atoms with Crippen molar-refractivity contribution in [3.8, 4) is 5.75 Å². The third-order valence-corrected chi connectivity index (χ3v) is 2.68. The van der Waals surface area contributed by atoms with Crippen molar-refractivity contribution in [2.45, 2.75) is 13.3 Å². The van der Waals surface area contributed by atoms with E-state index >= 15 is 0 Å². The van der Waals surface area contributed by atoms with Crippen LogP contribution < -0.4 is 5.32 Å². The monoisotopic (exact) mass is 260 g/mol. The maximum Gasteiger partial charge on any atom is 0.255 e. The molecule has 2 N–H and O–H groups in total. The lowest BCUT2D eigenvalue weighted by Gasteiger charge is -2.06. The van der Waals surface area contributed by atoms with Gasteiger partial charge < -0.3 is 10.4 Å². The van der Waals surface area contributed by atoms with Crippen molar-refractivity contribution in [2.24, 2.45) is 7.05 Å². The SMILES string of the molecule is Cc1ccc(O)c(C(=O)NCCc2ncn(C)n2)c1. The van der Waals surface area contributed by atoms with Crippen LogP contribution in [-0.2, 0) is 13.5 Å². The number of phenols is 1. The molecule has 0 aliphatic heterocycles. The summed E-state index contributed by atoms with van der Waals surface area (Å²) in [5.74, 6) is 0.368. The minimum Gasteiger partial charge on any atom is -0.507 e. The van der Waals surface area contributed by atoms with Crippen LogP contribution in [0.2, 0.25) is 0 Å². The number of rotatable bonds is 4. The van der Waals surface area contributed by atoms with Crippen molar-refractivity contribution >= 4 is 5.91 Å². The third kappa shape index (κ3) is 3.31. The average molecular weight is 260 g/mol. The van der Waals surface area contributed by atoms with E-state index in [0.29, 0.717) is 18.8 Å². The van der Waals surface area contributed by atoms with E-state index in [1.54, 1.807) is 30.2 Å². The zero-order valence-electron chi connectivity index (χ0n) is 10.9. The van der Waals surface area contributed by atoms with Crippen molar-refractivity contribution in [1.82, 2.24) is 20.1 Å². The first-order valence-electron chi connectivity index (χ1n) is 5.98. The van der Waals surface area contributed by atoms with Gasteiger partial charge in [0.1, 0.15) is 12.1 Å². The minimum absolute atomic E-state index is 0.0148. The van der Waals surface area contributed by atoms with Crippen LogP contribution in [0.25, 0.3) is 0 Å². The predicted molar refractivity (Wildman–Crippen MR) is 69.9 cm³/mol. The Morgan fingerprint density at radius 1 is 1.47 bits per heavy atom. The Kier molecular flexibility index (Phi) is 3.79. The molecule has 1 aromatic heterocycles. The number of aromatic nitrogens is 3. The summed E-state index contributed by atoms with van der Waals surface area (Å²) < 4.78 is 1.61. The maximum atomic E-state index is 11.9. The highest BCUT2D eigenvalue weighted by Gasteiger charge is 2.10. The standard InChI is InChI=1S/C13H16N4O2/c1-9-3-4-11(18)10(7-9)13(19)14-6-5-12-15-8-17(2)16-12/h3-4,7-8,18H,5-6H2,1-2H3,(H,14,19). The van der Waals surface area contributed by atoms with E-state index in [1.807, 2.05) is 6.92 Å². The van der Waals surface area contributed by atoms with Gasteiger partial charge in [0.25, 0.3) is 5.91 Å². The predicted octanol–water partition coefficient (Wildman–Crippen LogP) is 0.802. The lowest BCUT2D eigenvalue weighted by atomic mass is 10.1. The molecule has 0 unspecified atom stereocenters. The van der Waals surface area contributed by atoms with Gasteiger partial charge in [-0.15, -0.1) is 0 Å². The molecule has 2 rings (SSSR count). The zero-order chi connectivity index (χ0) is 13.8. The van der Waals surface area contributed by atoms with Crippen LogP contribution in [0, 0.1) is 6.92 Å². The van der Waals surface area contributed by atoms with Crippen molar-refractivity contribution < 1.29 is 9.90 Å². The number of aromatic hydroxyl groups is 1. The molecular weight excluding hydrogens is 244 g/mol. The van der Waals surface area contributed by atoms with Crippen molar-refractivity contribution in [2.75, 3.05) is 6.54 Å². The summed E-state index contributed by atoms with van der Waals surface area (Å²) in [6, 6.07) is 4.93. The molecule has 100 valence electrons. The van der Waals surface area contributed by atoms with Crippen molar-refractivity contribution in [3.63, 3.8) is 0 Å². The number of carbonyl (C=O) groups is 1. The topological polar surface area (TPSA) is 80.0 Å². The average Bonchev–Trinajstić information content (AvgIpc) is 2.78. The van der Waals surface area contributed by atoms with Gasteiger partial charge in [-0.1, -0.05) is 11.6 Å². The van der Waals surface area contributed by atoms with Crippen LogP contribution in [0.15, 0.2) is 24.5 Å². The Labute approximate surface area is 111 Å². The number of amides is 1. The minimum atomic E-state index is -0.294. The largest absolute Gasteiger partial charge is 0.507 e. The fourth-order valence-corrected chi connectivity index (χ4v) is 1.71. The molecule has 0 bridgehead atoms. The zero-order valence-corrected chi connectivity index (χ0v) is 10.9. The summed E-state index contributed by atoms with van der Waals surface area (Å²) in [5, 5.41) is 16.5. The summed E-state index contributed by atoms with van der Waals surface area (Å²) in [7, 11) is 1.79. The molecule has 6 heteroatoms. The molecule has 2 aromatic rings. The fraction of sp³-hybridized carbons (Fsp3) is 0.308. The van der Waals surface area contributed by atoms with Gasteiger partial charge in [-0.2, -0.15) is 5.10 Å². The number of nitrogens with zero attached hydrogens (tertiary/aromatic N) is 3. The summed E-state index contributed by atoms with van der Waals surface area (Å²) >= 11 is 0. The van der Waals surface area contributed by atoms with Gasteiger partial charge in [0, 0.05) is 20.0 Å². The van der Waals surface area contributed by atoms with Crippen LogP contribution in [-0.4, -0.2) is 32.3 Å². The van der Waals surface area contributed by atoms with Gasteiger partial charge in [0.15, 0.2) is 5.82 Å². The highest BCUT2D eigenvalue weighted by Crippen LogP contribution is 2.17. The number of benzene rings is 1. The second-order valence-corrected chi connectivity index (χ2v) is 4.36. The summed E-state index contributed by atoms with van der Waals surface area (Å²) in [6.45, 7) is 2.30. The number of aryl methyl sites for hydroxylation is 2. The second-order valence-electron chi connectivity index (χ2n) is 4.36. The summed E-state index contributed by atoms with van der Waals surface area (Å²) in [6.07, 6.45) is 2.17. The van der Waals surface area contributed by atoms with Gasteiger partial charge in [-0.3, -0.25) is 9.48 Å². The van der Waals surface area contributed by atoms with Gasteiger partial charge in [0.05, 0.1) is 5.56 Å². The molecule has 1 amide bonds. The fourth-order valence-electron chi connectivity index (χ4n) is 1.71. The molecule has 0 spiro atoms. The number of nitrogens with one attached hydrogen (secondary N) is 1. The van der Waals surface area contributed by atoms with Crippen LogP contribution in [0.1, 0.15) is 21.7 Å². The molecule has 19 heavy (non-hydrogen) atoms. The third-order valence-electron chi connectivity index (χ3n) is 2.68. The molecule has 0 saturated carbocycles. The number of hydrogen-bond donors (Lipinski definition) is 2.